The molecule has 0 aliphatic rings. The molecule has 25 heavy (non-hydrogen) atoms. The standard InChI is InChI=1S/C19H17BrN2O2S/c1-3-12-4-6-13(7-5-12)17-11-25-19(21-17)22-18(23)15-10-14(24-2)8-9-16(15)20/h4-11H,3H2,1-2H3,(H,21,22,23). The van der Waals surface area contributed by atoms with E-state index >= 15 is 0 Å². The van der Waals surface area contributed by atoms with E-state index in [0.29, 0.717) is 20.9 Å². The summed E-state index contributed by atoms with van der Waals surface area (Å²) in [5, 5.41) is 5.35. The van der Waals surface area contributed by atoms with Gasteiger partial charge in [-0.15, -0.1) is 11.3 Å². The van der Waals surface area contributed by atoms with Gasteiger partial charge in [-0.2, -0.15) is 0 Å². The van der Waals surface area contributed by atoms with Crippen LogP contribution in [0, 0.1) is 0 Å². The van der Waals surface area contributed by atoms with E-state index in [1.165, 1.54) is 16.9 Å². The topological polar surface area (TPSA) is 51.2 Å². The molecule has 0 aliphatic heterocycles. The molecule has 0 aliphatic carbocycles. The van der Waals surface area contributed by atoms with Crippen LogP contribution in [0.3, 0.4) is 0 Å². The molecule has 0 unspecified atom stereocenters. The van der Waals surface area contributed by atoms with Gasteiger partial charge < -0.3 is 4.74 Å². The van der Waals surface area contributed by atoms with E-state index in [4.69, 9.17) is 4.74 Å². The summed E-state index contributed by atoms with van der Waals surface area (Å²) in [4.78, 5) is 17.0. The second-order valence-electron chi connectivity index (χ2n) is 5.39. The first-order valence-electron chi connectivity index (χ1n) is 7.80. The molecule has 0 saturated carbocycles. The SMILES string of the molecule is CCc1ccc(-c2csc(NC(=O)c3cc(OC)ccc3Br)n2)cc1. The van der Waals surface area contributed by atoms with E-state index in [1.807, 2.05) is 5.38 Å². The Morgan fingerprint density at radius 2 is 2.00 bits per heavy atom. The lowest BCUT2D eigenvalue weighted by Gasteiger charge is -2.06. The summed E-state index contributed by atoms with van der Waals surface area (Å²) in [7, 11) is 1.57. The van der Waals surface area contributed by atoms with Crippen molar-refractivity contribution in [3.05, 3.63) is 63.4 Å². The molecule has 3 aromatic rings. The van der Waals surface area contributed by atoms with Gasteiger partial charge in [0.15, 0.2) is 5.13 Å². The molecular weight excluding hydrogens is 400 g/mol. The number of nitrogens with one attached hydrogen (secondary N) is 1. The van der Waals surface area contributed by atoms with E-state index in [-0.39, 0.29) is 5.91 Å². The fourth-order valence-corrected chi connectivity index (χ4v) is 3.49. The highest BCUT2D eigenvalue weighted by molar-refractivity contribution is 9.10. The monoisotopic (exact) mass is 416 g/mol. The average molecular weight is 417 g/mol. The first-order chi connectivity index (χ1) is 12.1. The van der Waals surface area contributed by atoms with Crippen molar-refractivity contribution in [3.63, 3.8) is 0 Å². The molecule has 1 aromatic heterocycles. The second kappa shape index (κ2) is 7.80. The molecule has 1 amide bonds. The smallest absolute Gasteiger partial charge is 0.258 e. The number of aromatic nitrogens is 1. The van der Waals surface area contributed by atoms with Crippen LogP contribution >= 0.6 is 27.3 Å². The normalized spacial score (nSPS) is 10.5. The highest BCUT2D eigenvalue weighted by Gasteiger charge is 2.14. The minimum Gasteiger partial charge on any atom is -0.497 e. The number of halogens is 1. The maximum atomic E-state index is 12.5. The molecule has 6 heteroatoms. The molecular formula is C19H17BrN2O2S. The summed E-state index contributed by atoms with van der Waals surface area (Å²) in [5.41, 5.74) is 3.68. The van der Waals surface area contributed by atoms with Crippen molar-refractivity contribution in [2.45, 2.75) is 13.3 Å². The van der Waals surface area contributed by atoms with Crippen LogP contribution in [0.5, 0.6) is 5.75 Å². The zero-order chi connectivity index (χ0) is 17.8. The molecule has 0 saturated heterocycles. The van der Waals surface area contributed by atoms with Crippen LogP contribution in [-0.4, -0.2) is 18.0 Å². The highest BCUT2D eigenvalue weighted by Crippen LogP contribution is 2.27. The van der Waals surface area contributed by atoms with Crippen molar-refractivity contribution >= 4 is 38.3 Å². The fraction of sp³-hybridized carbons (Fsp3) is 0.158. The zero-order valence-corrected chi connectivity index (χ0v) is 16.3. The molecule has 0 fully saturated rings. The van der Waals surface area contributed by atoms with Gasteiger partial charge in [0.1, 0.15) is 5.75 Å². The maximum absolute atomic E-state index is 12.5. The van der Waals surface area contributed by atoms with Gasteiger partial charge in [0.05, 0.1) is 18.4 Å². The summed E-state index contributed by atoms with van der Waals surface area (Å²) in [6, 6.07) is 13.6. The molecule has 1 heterocycles. The first kappa shape index (κ1) is 17.6. The number of aryl methyl sites for hydroxylation is 1. The number of nitrogens with zero attached hydrogens (tertiary/aromatic N) is 1. The number of thiazole rings is 1. The van der Waals surface area contributed by atoms with Gasteiger partial charge >= 0.3 is 0 Å². The Kier molecular flexibility index (Phi) is 5.50. The van der Waals surface area contributed by atoms with E-state index in [9.17, 15) is 4.79 Å². The van der Waals surface area contributed by atoms with Crippen LogP contribution in [-0.2, 0) is 6.42 Å². The third-order valence-corrected chi connectivity index (χ3v) is 5.25. The van der Waals surface area contributed by atoms with Gasteiger partial charge in [-0.05, 0) is 46.1 Å². The van der Waals surface area contributed by atoms with Gasteiger partial charge in [0.25, 0.3) is 5.91 Å². The number of ether oxygens (including phenoxy) is 1. The zero-order valence-electron chi connectivity index (χ0n) is 13.9. The molecule has 0 spiro atoms. The first-order valence-corrected chi connectivity index (χ1v) is 9.47. The third-order valence-electron chi connectivity index (χ3n) is 3.80. The quantitative estimate of drug-likeness (QED) is 0.605. The van der Waals surface area contributed by atoms with Gasteiger partial charge in [-0.1, -0.05) is 31.2 Å². The Bertz CT molecular complexity index is 891. The number of anilines is 1. The molecule has 3 rings (SSSR count). The number of benzene rings is 2. The predicted octanol–water partition coefficient (Wildman–Crippen LogP) is 5.40. The minimum atomic E-state index is -0.229. The number of methoxy groups -OCH3 is 1. The predicted molar refractivity (Wildman–Crippen MR) is 106 cm³/mol. The molecule has 1 N–H and O–H groups in total. The Morgan fingerprint density at radius 1 is 1.24 bits per heavy atom. The molecule has 128 valence electrons. The van der Waals surface area contributed by atoms with Crippen LogP contribution in [0.1, 0.15) is 22.8 Å². The van der Waals surface area contributed by atoms with E-state index in [1.54, 1.807) is 25.3 Å². The fourth-order valence-electron chi connectivity index (χ4n) is 2.34. The lowest BCUT2D eigenvalue weighted by molar-refractivity contribution is 0.102. The van der Waals surface area contributed by atoms with Crippen LogP contribution in [0.2, 0.25) is 0 Å². The number of carbonyl (C=O) groups is 1. The van der Waals surface area contributed by atoms with Crippen molar-refractivity contribution in [1.29, 1.82) is 0 Å². The highest BCUT2D eigenvalue weighted by atomic mass is 79.9. The lowest BCUT2D eigenvalue weighted by Crippen LogP contribution is -2.12. The van der Waals surface area contributed by atoms with Gasteiger partial charge in [0.2, 0.25) is 0 Å². The van der Waals surface area contributed by atoms with Crippen LogP contribution in [0.4, 0.5) is 5.13 Å². The number of rotatable bonds is 5. The van der Waals surface area contributed by atoms with Crippen molar-refractivity contribution in [3.8, 4) is 17.0 Å². The Labute approximate surface area is 159 Å². The average Bonchev–Trinajstić information content (AvgIpc) is 3.10. The summed E-state index contributed by atoms with van der Waals surface area (Å²) >= 11 is 4.80. The van der Waals surface area contributed by atoms with E-state index in [0.717, 1.165) is 17.7 Å². The third kappa shape index (κ3) is 4.08. The van der Waals surface area contributed by atoms with Crippen molar-refractivity contribution < 1.29 is 9.53 Å². The second-order valence-corrected chi connectivity index (χ2v) is 7.10. The van der Waals surface area contributed by atoms with E-state index < -0.39 is 0 Å². The molecule has 2 aromatic carbocycles. The minimum absolute atomic E-state index is 0.229. The Hall–Kier alpha value is -2.18. The van der Waals surface area contributed by atoms with Crippen molar-refractivity contribution in [2.24, 2.45) is 0 Å². The molecule has 4 nitrogen and oxygen atoms in total. The number of amides is 1. The van der Waals surface area contributed by atoms with Crippen molar-refractivity contribution in [1.82, 2.24) is 4.98 Å². The summed E-state index contributed by atoms with van der Waals surface area (Å²) in [6.07, 6.45) is 1.01. The Balaban J connectivity index is 1.77. The molecule has 0 radical (unpaired) electrons. The van der Waals surface area contributed by atoms with Gasteiger partial charge in [-0.3, -0.25) is 10.1 Å². The summed E-state index contributed by atoms with van der Waals surface area (Å²) in [6.45, 7) is 2.13. The summed E-state index contributed by atoms with van der Waals surface area (Å²) < 4.78 is 5.88. The Morgan fingerprint density at radius 3 is 2.68 bits per heavy atom. The van der Waals surface area contributed by atoms with Gasteiger partial charge in [-0.25, -0.2) is 4.98 Å². The molecule has 0 bridgehead atoms. The lowest BCUT2D eigenvalue weighted by atomic mass is 10.1. The number of hydrogen-bond acceptors (Lipinski definition) is 4. The molecule has 0 atom stereocenters. The maximum Gasteiger partial charge on any atom is 0.258 e. The number of carbonyl (C=O) groups excluding carboxylic acids is 1. The van der Waals surface area contributed by atoms with Gasteiger partial charge in [0, 0.05) is 15.4 Å². The van der Waals surface area contributed by atoms with Crippen LogP contribution in [0.15, 0.2) is 52.3 Å². The van der Waals surface area contributed by atoms with Crippen LogP contribution < -0.4 is 10.1 Å². The van der Waals surface area contributed by atoms with Crippen LogP contribution in [0.25, 0.3) is 11.3 Å². The van der Waals surface area contributed by atoms with Crippen molar-refractivity contribution in [2.75, 3.05) is 12.4 Å². The summed E-state index contributed by atoms with van der Waals surface area (Å²) in [5.74, 6) is 0.400. The van der Waals surface area contributed by atoms with E-state index in [2.05, 4.69) is 57.4 Å². The largest absolute Gasteiger partial charge is 0.497 e. The number of hydrogen-bond donors (Lipinski definition) is 1.